The van der Waals surface area contributed by atoms with Crippen LogP contribution in [0.25, 0.3) is 0 Å². The average molecular weight is 393 g/mol. The van der Waals surface area contributed by atoms with E-state index in [1.807, 2.05) is 31.2 Å². The van der Waals surface area contributed by atoms with E-state index in [4.69, 9.17) is 11.6 Å². The molecule has 0 aliphatic rings. The summed E-state index contributed by atoms with van der Waals surface area (Å²) in [5, 5.41) is 3.57. The van der Waals surface area contributed by atoms with Gasteiger partial charge in [0.15, 0.2) is 3.01 Å². The summed E-state index contributed by atoms with van der Waals surface area (Å²) in [7, 11) is 0. The van der Waals surface area contributed by atoms with Crippen molar-refractivity contribution in [3.05, 3.63) is 48.4 Å². The molecule has 1 N–H and O–H groups in total. The topological polar surface area (TPSA) is 42.0 Å². The second kappa shape index (κ2) is 5.99. The molecule has 0 saturated carbocycles. The van der Waals surface area contributed by atoms with Crippen molar-refractivity contribution in [2.75, 3.05) is 0 Å². The lowest BCUT2D eigenvalue weighted by molar-refractivity contribution is 0.0954. The Morgan fingerprint density at radius 1 is 1.44 bits per heavy atom. The van der Waals surface area contributed by atoms with E-state index in [0.717, 1.165) is 14.3 Å². The Hall–Kier alpha value is -0.660. The summed E-state index contributed by atoms with van der Waals surface area (Å²) in [5.74, 6) is -0.0807. The number of thiazole rings is 1. The molecule has 0 fully saturated rings. The van der Waals surface area contributed by atoms with Crippen LogP contribution < -0.4 is 5.32 Å². The molecule has 0 atom stereocenters. The fraction of sp³-hybridized carbons (Fsp3) is 0.167. The summed E-state index contributed by atoms with van der Waals surface area (Å²) in [5.41, 5.74) is 1.79. The van der Waals surface area contributed by atoms with E-state index in [1.54, 1.807) is 0 Å². The first-order valence-corrected chi connectivity index (χ1v) is 7.49. The molecule has 1 aromatic heterocycles. The molecular weight excluding hydrogens is 383 g/mol. The molecule has 18 heavy (non-hydrogen) atoms. The van der Waals surface area contributed by atoms with Crippen molar-refractivity contribution < 1.29 is 4.79 Å². The highest BCUT2D eigenvalue weighted by atomic mass is 127. The van der Waals surface area contributed by atoms with Gasteiger partial charge in [0.1, 0.15) is 4.88 Å². The van der Waals surface area contributed by atoms with E-state index in [0.29, 0.717) is 16.4 Å². The highest BCUT2D eigenvalue weighted by Gasteiger charge is 2.13. The Kier molecular flexibility index (Phi) is 4.58. The number of nitrogens with one attached hydrogen (secondary N) is 1. The third kappa shape index (κ3) is 3.43. The predicted molar refractivity (Wildman–Crippen MR) is 82.2 cm³/mol. The maximum atomic E-state index is 11.9. The molecule has 0 aliphatic carbocycles. The van der Waals surface area contributed by atoms with Crippen molar-refractivity contribution in [2.45, 2.75) is 13.5 Å². The van der Waals surface area contributed by atoms with Crippen molar-refractivity contribution in [1.82, 2.24) is 10.3 Å². The number of amides is 1. The van der Waals surface area contributed by atoms with Crippen LogP contribution in [0.1, 0.15) is 20.9 Å². The van der Waals surface area contributed by atoms with Crippen molar-refractivity contribution in [3.8, 4) is 0 Å². The van der Waals surface area contributed by atoms with E-state index >= 15 is 0 Å². The van der Waals surface area contributed by atoms with Gasteiger partial charge in [0.2, 0.25) is 0 Å². The molecule has 0 spiro atoms. The fourth-order valence-corrected chi connectivity index (χ4v) is 3.30. The molecule has 2 aromatic rings. The van der Waals surface area contributed by atoms with Crippen LogP contribution in [0.5, 0.6) is 0 Å². The van der Waals surface area contributed by atoms with Gasteiger partial charge in [0.05, 0.1) is 5.69 Å². The minimum atomic E-state index is -0.0807. The Morgan fingerprint density at radius 2 is 2.11 bits per heavy atom. The minimum absolute atomic E-state index is 0.0807. The van der Waals surface area contributed by atoms with Gasteiger partial charge in [-0.15, -0.1) is 11.3 Å². The van der Waals surface area contributed by atoms with Gasteiger partial charge < -0.3 is 5.32 Å². The number of hydrogen-bond acceptors (Lipinski definition) is 3. The van der Waals surface area contributed by atoms with Crippen LogP contribution in [-0.2, 0) is 6.54 Å². The zero-order valence-electron chi connectivity index (χ0n) is 9.54. The third-order valence-electron chi connectivity index (χ3n) is 2.34. The van der Waals surface area contributed by atoms with Crippen molar-refractivity contribution >= 4 is 51.4 Å². The van der Waals surface area contributed by atoms with Crippen LogP contribution in [0, 0.1) is 9.94 Å². The SMILES string of the molecule is Cc1nc(I)sc1C(=O)NCc1ccc(Cl)cc1. The second-order valence-corrected chi connectivity index (χ2v) is 6.88. The maximum Gasteiger partial charge on any atom is 0.263 e. The van der Waals surface area contributed by atoms with Crippen LogP contribution in [-0.4, -0.2) is 10.9 Å². The zero-order chi connectivity index (χ0) is 13.1. The number of hydrogen-bond donors (Lipinski definition) is 1. The summed E-state index contributed by atoms with van der Waals surface area (Å²) >= 11 is 9.32. The number of nitrogens with zero attached hydrogens (tertiary/aromatic N) is 1. The molecule has 0 radical (unpaired) electrons. The Labute approximate surface area is 128 Å². The Bertz CT molecular complexity index is 568. The van der Waals surface area contributed by atoms with Crippen molar-refractivity contribution in [3.63, 3.8) is 0 Å². The minimum Gasteiger partial charge on any atom is -0.347 e. The normalized spacial score (nSPS) is 10.4. The van der Waals surface area contributed by atoms with Gasteiger partial charge in [0.25, 0.3) is 5.91 Å². The Morgan fingerprint density at radius 3 is 2.67 bits per heavy atom. The number of aryl methyl sites for hydroxylation is 1. The van der Waals surface area contributed by atoms with Gasteiger partial charge >= 0.3 is 0 Å². The molecule has 0 aliphatic heterocycles. The number of carbonyl (C=O) groups is 1. The molecule has 3 nitrogen and oxygen atoms in total. The standard InChI is InChI=1S/C12H10ClIN2OS/c1-7-10(18-12(14)16-7)11(17)15-6-8-2-4-9(13)5-3-8/h2-5H,6H2,1H3,(H,15,17). The number of aromatic nitrogens is 1. The van der Waals surface area contributed by atoms with E-state index in [1.165, 1.54) is 11.3 Å². The molecule has 0 bridgehead atoms. The number of halogens is 2. The first-order chi connectivity index (χ1) is 8.56. The first-order valence-electron chi connectivity index (χ1n) is 5.22. The summed E-state index contributed by atoms with van der Waals surface area (Å²) in [6.45, 7) is 2.33. The number of rotatable bonds is 3. The highest BCUT2D eigenvalue weighted by molar-refractivity contribution is 14.1. The van der Waals surface area contributed by atoms with Crippen LogP contribution in [0.4, 0.5) is 0 Å². The molecule has 0 saturated heterocycles. The maximum absolute atomic E-state index is 11.9. The second-order valence-electron chi connectivity index (χ2n) is 3.69. The molecule has 1 heterocycles. The van der Waals surface area contributed by atoms with Gasteiger partial charge in [-0.3, -0.25) is 4.79 Å². The van der Waals surface area contributed by atoms with E-state index in [-0.39, 0.29) is 5.91 Å². The molecule has 1 aromatic carbocycles. The lowest BCUT2D eigenvalue weighted by atomic mass is 10.2. The lowest BCUT2D eigenvalue weighted by Gasteiger charge is -2.04. The van der Waals surface area contributed by atoms with E-state index in [2.05, 4.69) is 32.9 Å². The monoisotopic (exact) mass is 392 g/mol. The zero-order valence-corrected chi connectivity index (χ0v) is 13.3. The van der Waals surface area contributed by atoms with E-state index < -0.39 is 0 Å². The molecule has 6 heteroatoms. The molecule has 1 amide bonds. The van der Waals surface area contributed by atoms with Crippen molar-refractivity contribution in [2.24, 2.45) is 0 Å². The fourth-order valence-electron chi connectivity index (χ4n) is 1.44. The first kappa shape index (κ1) is 13.8. The van der Waals surface area contributed by atoms with Gasteiger partial charge in [-0.05, 0) is 47.2 Å². The van der Waals surface area contributed by atoms with Crippen LogP contribution in [0.3, 0.4) is 0 Å². The third-order valence-corrected chi connectivity index (χ3v) is 4.44. The molecular formula is C12H10ClIN2OS. The van der Waals surface area contributed by atoms with Crippen LogP contribution in [0.15, 0.2) is 24.3 Å². The van der Waals surface area contributed by atoms with Crippen LogP contribution >= 0.6 is 45.5 Å². The molecule has 2 rings (SSSR count). The quantitative estimate of drug-likeness (QED) is 0.810. The lowest BCUT2D eigenvalue weighted by Crippen LogP contribution is -2.22. The largest absolute Gasteiger partial charge is 0.347 e. The molecule has 0 unspecified atom stereocenters. The summed E-state index contributed by atoms with van der Waals surface area (Å²) < 4.78 is 0.877. The molecule has 94 valence electrons. The smallest absolute Gasteiger partial charge is 0.263 e. The average Bonchev–Trinajstić information content (AvgIpc) is 2.67. The van der Waals surface area contributed by atoms with Gasteiger partial charge in [-0.2, -0.15) is 0 Å². The van der Waals surface area contributed by atoms with Gasteiger partial charge in [-0.25, -0.2) is 4.98 Å². The van der Waals surface area contributed by atoms with Crippen LogP contribution in [0.2, 0.25) is 5.02 Å². The predicted octanol–water partition coefficient (Wildman–Crippen LogP) is 3.64. The summed E-state index contributed by atoms with van der Waals surface area (Å²) in [6.07, 6.45) is 0. The highest BCUT2D eigenvalue weighted by Crippen LogP contribution is 2.19. The van der Waals surface area contributed by atoms with Gasteiger partial charge in [0, 0.05) is 11.6 Å². The van der Waals surface area contributed by atoms with Crippen molar-refractivity contribution in [1.29, 1.82) is 0 Å². The van der Waals surface area contributed by atoms with Gasteiger partial charge in [-0.1, -0.05) is 23.7 Å². The number of benzene rings is 1. The van der Waals surface area contributed by atoms with E-state index in [9.17, 15) is 4.79 Å². The summed E-state index contributed by atoms with van der Waals surface area (Å²) in [4.78, 5) is 16.8. The number of carbonyl (C=O) groups excluding carboxylic acids is 1. The Balaban J connectivity index is 2.00. The summed E-state index contributed by atoms with van der Waals surface area (Å²) in [6, 6.07) is 7.41.